The molecule has 1 aromatic heterocycles. The fourth-order valence-electron chi connectivity index (χ4n) is 2.96. The standard InChI is InChI=1S/C19H17F3N2O/c1-24-12-13(14-6-3-5-9-17(14)24)10-11-23-18(25)15-7-2-4-8-16(15)19(20,21)22/h2-9,12H,10-11H2,1H3,(H,23,25). The molecule has 0 spiro atoms. The second kappa shape index (κ2) is 6.63. The first-order chi connectivity index (χ1) is 11.9. The van der Waals surface area contributed by atoms with E-state index < -0.39 is 17.6 Å². The average molecular weight is 346 g/mol. The lowest BCUT2D eigenvalue weighted by atomic mass is 10.1. The van der Waals surface area contributed by atoms with E-state index in [1.54, 1.807) is 0 Å². The second-order valence-corrected chi connectivity index (χ2v) is 5.83. The third-order valence-electron chi connectivity index (χ3n) is 4.14. The van der Waals surface area contributed by atoms with Crippen molar-refractivity contribution in [1.29, 1.82) is 0 Å². The van der Waals surface area contributed by atoms with E-state index in [1.165, 1.54) is 18.2 Å². The van der Waals surface area contributed by atoms with E-state index in [0.29, 0.717) is 6.42 Å². The molecule has 2 aromatic carbocycles. The Labute approximate surface area is 143 Å². The van der Waals surface area contributed by atoms with Crippen LogP contribution in [-0.2, 0) is 19.6 Å². The van der Waals surface area contributed by atoms with Crippen molar-refractivity contribution < 1.29 is 18.0 Å². The molecular weight excluding hydrogens is 329 g/mol. The summed E-state index contributed by atoms with van der Waals surface area (Å²) in [7, 11) is 1.93. The molecule has 0 aliphatic heterocycles. The van der Waals surface area contributed by atoms with Crippen molar-refractivity contribution >= 4 is 16.8 Å². The Balaban J connectivity index is 1.71. The van der Waals surface area contributed by atoms with E-state index in [9.17, 15) is 18.0 Å². The number of nitrogens with one attached hydrogen (secondary N) is 1. The van der Waals surface area contributed by atoms with Gasteiger partial charge in [0.15, 0.2) is 0 Å². The number of hydrogen-bond donors (Lipinski definition) is 1. The normalized spacial score (nSPS) is 11.7. The van der Waals surface area contributed by atoms with Crippen molar-refractivity contribution in [3.05, 3.63) is 71.4 Å². The quantitative estimate of drug-likeness (QED) is 0.756. The van der Waals surface area contributed by atoms with Gasteiger partial charge < -0.3 is 9.88 Å². The van der Waals surface area contributed by atoms with Crippen molar-refractivity contribution in [3.63, 3.8) is 0 Å². The Hall–Kier alpha value is -2.76. The third kappa shape index (κ3) is 3.52. The molecule has 0 fully saturated rings. The zero-order valence-corrected chi connectivity index (χ0v) is 13.6. The van der Waals surface area contributed by atoms with Gasteiger partial charge in [0.2, 0.25) is 0 Å². The third-order valence-corrected chi connectivity index (χ3v) is 4.14. The second-order valence-electron chi connectivity index (χ2n) is 5.83. The first kappa shape index (κ1) is 17.1. The van der Waals surface area contributed by atoms with Gasteiger partial charge in [-0.3, -0.25) is 4.79 Å². The van der Waals surface area contributed by atoms with Crippen LogP contribution in [0.2, 0.25) is 0 Å². The van der Waals surface area contributed by atoms with Crippen LogP contribution in [0.4, 0.5) is 13.2 Å². The van der Waals surface area contributed by atoms with Gasteiger partial charge in [-0.05, 0) is 30.2 Å². The maximum atomic E-state index is 13.0. The summed E-state index contributed by atoms with van der Waals surface area (Å²) in [6.07, 6.45) is -2.04. The molecule has 6 heteroatoms. The first-order valence-electron chi connectivity index (χ1n) is 7.85. The molecule has 1 N–H and O–H groups in total. The Morgan fingerprint density at radius 1 is 1.08 bits per heavy atom. The number of nitrogens with zero attached hydrogens (tertiary/aromatic N) is 1. The molecule has 0 aliphatic rings. The molecule has 0 radical (unpaired) electrons. The summed E-state index contributed by atoms with van der Waals surface area (Å²) in [5.41, 5.74) is 0.847. The summed E-state index contributed by atoms with van der Waals surface area (Å²) in [6, 6.07) is 12.7. The number of para-hydroxylation sites is 1. The molecule has 0 aliphatic carbocycles. The molecule has 0 bridgehead atoms. The van der Waals surface area contributed by atoms with Crippen LogP contribution in [0.3, 0.4) is 0 Å². The summed E-state index contributed by atoms with van der Waals surface area (Å²) in [5.74, 6) is -0.715. The minimum Gasteiger partial charge on any atom is -0.352 e. The van der Waals surface area contributed by atoms with Gasteiger partial charge in [-0.2, -0.15) is 13.2 Å². The largest absolute Gasteiger partial charge is 0.417 e. The van der Waals surface area contributed by atoms with Crippen molar-refractivity contribution in [2.24, 2.45) is 7.05 Å². The summed E-state index contributed by atoms with van der Waals surface area (Å²) in [5, 5.41) is 3.66. The van der Waals surface area contributed by atoms with Gasteiger partial charge in [-0.15, -0.1) is 0 Å². The first-order valence-corrected chi connectivity index (χ1v) is 7.85. The molecule has 25 heavy (non-hydrogen) atoms. The van der Waals surface area contributed by atoms with Gasteiger partial charge in [-0.25, -0.2) is 0 Å². The Bertz CT molecular complexity index is 912. The fourth-order valence-corrected chi connectivity index (χ4v) is 2.96. The van der Waals surface area contributed by atoms with Crippen molar-refractivity contribution in [2.75, 3.05) is 6.54 Å². The summed E-state index contributed by atoms with van der Waals surface area (Å²) in [4.78, 5) is 12.2. The van der Waals surface area contributed by atoms with E-state index in [-0.39, 0.29) is 12.1 Å². The van der Waals surface area contributed by atoms with Crippen LogP contribution in [0.15, 0.2) is 54.7 Å². The van der Waals surface area contributed by atoms with E-state index in [2.05, 4.69) is 5.32 Å². The molecule has 0 unspecified atom stereocenters. The monoisotopic (exact) mass is 346 g/mol. The van der Waals surface area contributed by atoms with Crippen LogP contribution in [0, 0.1) is 0 Å². The molecule has 3 rings (SSSR count). The van der Waals surface area contributed by atoms with Gasteiger partial charge in [0, 0.05) is 30.7 Å². The molecule has 1 heterocycles. The number of carbonyl (C=O) groups excluding carboxylic acids is 1. The predicted octanol–water partition coefficient (Wildman–Crippen LogP) is 4.17. The Kier molecular flexibility index (Phi) is 4.53. The van der Waals surface area contributed by atoms with Crippen LogP contribution in [0.25, 0.3) is 10.9 Å². The maximum absolute atomic E-state index is 13.0. The number of halogens is 3. The number of alkyl halides is 3. The number of benzene rings is 2. The topological polar surface area (TPSA) is 34.0 Å². The zero-order chi connectivity index (χ0) is 18.0. The predicted molar refractivity (Wildman–Crippen MR) is 90.4 cm³/mol. The highest BCUT2D eigenvalue weighted by atomic mass is 19.4. The van der Waals surface area contributed by atoms with Gasteiger partial charge in [0.25, 0.3) is 5.91 Å². The smallest absolute Gasteiger partial charge is 0.352 e. The summed E-state index contributed by atoms with van der Waals surface area (Å²) in [6.45, 7) is 0.263. The van der Waals surface area contributed by atoms with Gasteiger partial charge >= 0.3 is 6.18 Å². The minimum absolute atomic E-state index is 0.263. The summed E-state index contributed by atoms with van der Waals surface area (Å²) < 4.78 is 41.0. The molecule has 3 nitrogen and oxygen atoms in total. The Morgan fingerprint density at radius 3 is 2.52 bits per heavy atom. The van der Waals surface area contributed by atoms with E-state index in [1.807, 2.05) is 42.1 Å². The number of carbonyl (C=O) groups is 1. The fraction of sp³-hybridized carbons (Fsp3) is 0.211. The van der Waals surface area contributed by atoms with E-state index in [4.69, 9.17) is 0 Å². The van der Waals surface area contributed by atoms with E-state index in [0.717, 1.165) is 22.5 Å². The van der Waals surface area contributed by atoms with Gasteiger partial charge in [0.1, 0.15) is 0 Å². The highest BCUT2D eigenvalue weighted by molar-refractivity contribution is 5.96. The number of aryl methyl sites for hydroxylation is 1. The number of rotatable bonds is 4. The summed E-state index contributed by atoms with van der Waals surface area (Å²) >= 11 is 0. The molecule has 3 aromatic rings. The van der Waals surface area contributed by atoms with Gasteiger partial charge in [0.05, 0.1) is 11.1 Å². The molecule has 1 amide bonds. The average Bonchev–Trinajstić information content (AvgIpc) is 2.91. The van der Waals surface area contributed by atoms with Gasteiger partial charge in [-0.1, -0.05) is 30.3 Å². The SMILES string of the molecule is Cn1cc(CCNC(=O)c2ccccc2C(F)(F)F)c2ccccc21. The molecule has 0 saturated heterocycles. The number of hydrogen-bond acceptors (Lipinski definition) is 1. The lowest BCUT2D eigenvalue weighted by Gasteiger charge is -2.12. The molecule has 130 valence electrons. The van der Waals surface area contributed by atoms with Crippen LogP contribution >= 0.6 is 0 Å². The van der Waals surface area contributed by atoms with Crippen molar-refractivity contribution in [1.82, 2.24) is 9.88 Å². The highest BCUT2D eigenvalue weighted by Crippen LogP contribution is 2.31. The minimum atomic E-state index is -4.55. The number of aromatic nitrogens is 1. The lowest BCUT2D eigenvalue weighted by Crippen LogP contribution is -2.28. The van der Waals surface area contributed by atoms with Crippen LogP contribution < -0.4 is 5.32 Å². The maximum Gasteiger partial charge on any atom is 0.417 e. The Morgan fingerprint density at radius 2 is 1.76 bits per heavy atom. The van der Waals surface area contributed by atoms with Crippen molar-refractivity contribution in [3.8, 4) is 0 Å². The van der Waals surface area contributed by atoms with Crippen LogP contribution in [0.1, 0.15) is 21.5 Å². The lowest BCUT2D eigenvalue weighted by molar-refractivity contribution is -0.137. The number of amides is 1. The number of fused-ring (bicyclic) bond motifs is 1. The zero-order valence-electron chi connectivity index (χ0n) is 13.6. The molecular formula is C19H17F3N2O. The van der Waals surface area contributed by atoms with E-state index >= 15 is 0 Å². The van der Waals surface area contributed by atoms with Crippen LogP contribution in [0.5, 0.6) is 0 Å². The van der Waals surface area contributed by atoms with Crippen LogP contribution in [-0.4, -0.2) is 17.0 Å². The molecule has 0 saturated carbocycles. The van der Waals surface area contributed by atoms with Crippen molar-refractivity contribution in [2.45, 2.75) is 12.6 Å². The molecule has 0 atom stereocenters. The highest BCUT2D eigenvalue weighted by Gasteiger charge is 2.34.